The van der Waals surface area contributed by atoms with Gasteiger partial charge in [-0.25, -0.2) is 15.0 Å². The molecule has 4 heterocycles. The third-order valence-corrected chi connectivity index (χ3v) is 4.06. The molecule has 1 N–H and O–H groups in total. The standard InChI is InChI=1S/C19H13N7O/c1-26-11-21-10-17(26)16-5-13-6-18(24-9-14(13)8-23-16)25-19(27)12-2-3-22-15(4-12)7-20/h2-6,8-11H,1H3,(H,24,25,27). The Labute approximate surface area is 154 Å². The molecule has 0 atom stereocenters. The fraction of sp³-hybridized carbons (Fsp3) is 0.0526. The summed E-state index contributed by atoms with van der Waals surface area (Å²) in [7, 11) is 1.90. The Morgan fingerprint density at radius 2 is 1.96 bits per heavy atom. The summed E-state index contributed by atoms with van der Waals surface area (Å²) in [4.78, 5) is 29.1. The lowest BCUT2D eigenvalue weighted by Crippen LogP contribution is -2.13. The number of nitrogens with zero attached hydrogens (tertiary/aromatic N) is 6. The average molecular weight is 355 g/mol. The number of rotatable bonds is 3. The van der Waals surface area contributed by atoms with Crippen LogP contribution in [0.4, 0.5) is 5.82 Å². The third kappa shape index (κ3) is 3.21. The molecule has 4 aromatic heterocycles. The van der Waals surface area contributed by atoms with Crippen LogP contribution in [0.15, 0.2) is 55.4 Å². The van der Waals surface area contributed by atoms with Crippen molar-refractivity contribution in [2.75, 3.05) is 5.32 Å². The summed E-state index contributed by atoms with van der Waals surface area (Å²) in [6.45, 7) is 0. The number of fused-ring (bicyclic) bond motifs is 1. The van der Waals surface area contributed by atoms with Crippen molar-refractivity contribution in [1.82, 2.24) is 24.5 Å². The highest BCUT2D eigenvalue weighted by Gasteiger charge is 2.10. The van der Waals surface area contributed by atoms with Crippen LogP contribution in [0.1, 0.15) is 16.1 Å². The van der Waals surface area contributed by atoms with Crippen LogP contribution in [0.25, 0.3) is 22.2 Å². The van der Waals surface area contributed by atoms with Gasteiger partial charge in [0.1, 0.15) is 17.6 Å². The first-order valence-corrected chi connectivity index (χ1v) is 8.04. The first-order chi connectivity index (χ1) is 13.1. The number of pyridine rings is 3. The molecule has 8 heteroatoms. The van der Waals surface area contributed by atoms with E-state index in [4.69, 9.17) is 5.26 Å². The van der Waals surface area contributed by atoms with Gasteiger partial charge in [0, 0.05) is 36.6 Å². The van der Waals surface area contributed by atoms with E-state index in [9.17, 15) is 4.79 Å². The Bertz CT molecular complexity index is 1210. The molecular formula is C19H13N7O. The summed E-state index contributed by atoms with van der Waals surface area (Å²) in [5, 5.41) is 13.4. The maximum Gasteiger partial charge on any atom is 0.256 e. The smallest absolute Gasteiger partial charge is 0.256 e. The van der Waals surface area contributed by atoms with Crippen molar-refractivity contribution in [3.05, 3.63) is 66.6 Å². The molecule has 0 radical (unpaired) electrons. The topological polar surface area (TPSA) is 109 Å². The van der Waals surface area contributed by atoms with E-state index < -0.39 is 0 Å². The molecule has 0 aliphatic heterocycles. The molecule has 0 aliphatic carbocycles. The number of aromatic nitrogens is 5. The minimum absolute atomic E-state index is 0.181. The van der Waals surface area contributed by atoms with Gasteiger partial charge in [0.25, 0.3) is 5.91 Å². The number of aryl methyl sites for hydroxylation is 1. The highest BCUT2D eigenvalue weighted by atomic mass is 16.1. The number of anilines is 1. The zero-order valence-electron chi connectivity index (χ0n) is 14.3. The maximum absolute atomic E-state index is 12.4. The lowest BCUT2D eigenvalue weighted by molar-refractivity contribution is 0.102. The number of carbonyl (C=O) groups excluding carboxylic acids is 1. The van der Waals surface area contributed by atoms with E-state index in [1.165, 1.54) is 12.3 Å². The molecular weight excluding hydrogens is 342 g/mol. The van der Waals surface area contributed by atoms with Crippen molar-refractivity contribution in [3.63, 3.8) is 0 Å². The molecule has 0 saturated carbocycles. The molecule has 4 rings (SSSR count). The number of hydrogen-bond acceptors (Lipinski definition) is 6. The molecule has 8 nitrogen and oxygen atoms in total. The van der Waals surface area contributed by atoms with Crippen LogP contribution in [-0.4, -0.2) is 30.4 Å². The predicted molar refractivity (Wildman–Crippen MR) is 98.6 cm³/mol. The first kappa shape index (κ1) is 16.4. The quantitative estimate of drug-likeness (QED) is 0.605. The number of nitriles is 1. The number of carbonyl (C=O) groups is 1. The minimum atomic E-state index is -0.360. The summed E-state index contributed by atoms with van der Waals surface area (Å²) in [6, 6.07) is 8.59. The monoisotopic (exact) mass is 355 g/mol. The molecule has 130 valence electrons. The Morgan fingerprint density at radius 1 is 1.11 bits per heavy atom. The van der Waals surface area contributed by atoms with Crippen molar-refractivity contribution >= 4 is 22.5 Å². The second-order valence-corrected chi connectivity index (χ2v) is 5.87. The van der Waals surface area contributed by atoms with Crippen molar-refractivity contribution in [1.29, 1.82) is 5.26 Å². The Kier molecular flexibility index (Phi) is 4.03. The number of imidazole rings is 1. The molecule has 0 saturated heterocycles. The molecule has 4 aromatic rings. The normalized spacial score (nSPS) is 10.5. The third-order valence-electron chi connectivity index (χ3n) is 4.06. The van der Waals surface area contributed by atoms with Gasteiger partial charge in [0.05, 0.1) is 23.9 Å². The molecule has 27 heavy (non-hydrogen) atoms. The van der Waals surface area contributed by atoms with Gasteiger partial charge in [-0.1, -0.05) is 0 Å². The molecule has 0 aromatic carbocycles. The number of nitrogens with one attached hydrogen (secondary N) is 1. The summed E-state index contributed by atoms with van der Waals surface area (Å²) in [5.74, 6) is 0.0478. The van der Waals surface area contributed by atoms with Crippen LogP contribution in [0.2, 0.25) is 0 Å². The highest BCUT2D eigenvalue weighted by Crippen LogP contribution is 2.22. The van der Waals surface area contributed by atoms with Gasteiger partial charge in [0.2, 0.25) is 0 Å². The molecule has 0 unspecified atom stereocenters. The van der Waals surface area contributed by atoms with Crippen LogP contribution < -0.4 is 5.32 Å². The Morgan fingerprint density at radius 3 is 2.74 bits per heavy atom. The summed E-state index contributed by atoms with van der Waals surface area (Å²) < 4.78 is 1.88. The van der Waals surface area contributed by atoms with E-state index in [0.717, 1.165) is 22.2 Å². The number of amides is 1. The van der Waals surface area contributed by atoms with Crippen LogP contribution in [0.3, 0.4) is 0 Å². The molecule has 0 spiro atoms. The molecule has 0 aliphatic rings. The highest BCUT2D eigenvalue weighted by molar-refractivity contribution is 6.04. The lowest BCUT2D eigenvalue weighted by atomic mass is 10.1. The van der Waals surface area contributed by atoms with Gasteiger partial charge in [-0.05, 0) is 29.7 Å². The Balaban J connectivity index is 1.65. The van der Waals surface area contributed by atoms with Gasteiger partial charge in [0.15, 0.2) is 0 Å². The van der Waals surface area contributed by atoms with Gasteiger partial charge < -0.3 is 9.88 Å². The second-order valence-electron chi connectivity index (χ2n) is 5.87. The molecule has 0 fully saturated rings. The van der Waals surface area contributed by atoms with E-state index in [1.807, 2.05) is 23.8 Å². The SMILES string of the molecule is Cn1cncc1-c1cc2cc(NC(=O)c3ccnc(C#N)c3)ncc2cn1. The van der Waals surface area contributed by atoms with Crippen LogP contribution in [-0.2, 0) is 7.05 Å². The van der Waals surface area contributed by atoms with E-state index in [0.29, 0.717) is 11.4 Å². The van der Waals surface area contributed by atoms with Crippen LogP contribution >= 0.6 is 0 Å². The first-order valence-electron chi connectivity index (χ1n) is 8.04. The molecule has 1 amide bonds. The van der Waals surface area contributed by atoms with Gasteiger partial charge in [-0.3, -0.25) is 9.78 Å². The van der Waals surface area contributed by atoms with E-state index >= 15 is 0 Å². The molecule has 0 bridgehead atoms. The van der Waals surface area contributed by atoms with E-state index in [1.54, 1.807) is 37.1 Å². The van der Waals surface area contributed by atoms with Gasteiger partial charge >= 0.3 is 0 Å². The fourth-order valence-electron chi connectivity index (χ4n) is 2.67. The average Bonchev–Trinajstić information content (AvgIpc) is 3.13. The largest absolute Gasteiger partial charge is 0.332 e. The number of hydrogen-bond donors (Lipinski definition) is 1. The second kappa shape index (κ2) is 6.65. The zero-order chi connectivity index (χ0) is 18.8. The minimum Gasteiger partial charge on any atom is -0.332 e. The Hall–Kier alpha value is -4.12. The van der Waals surface area contributed by atoms with Crippen molar-refractivity contribution in [2.24, 2.45) is 7.05 Å². The van der Waals surface area contributed by atoms with Crippen molar-refractivity contribution in [2.45, 2.75) is 0 Å². The fourth-order valence-corrected chi connectivity index (χ4v) is 2.67. The van der Waals surface area contributed by atoms with E-state index in [2.05, 4.69) is 25.3 Å². The summed E-state index contributed by atoms with van der Waals surface area (Å²) in [6.07, 6.45) is 8.27. The summed E-state index contributed by atoms with van der Waals surface area (Å²) in [5.41, 5.74) is 2.19. The van der Waals surface area contributed by atoms with Gasteiger partial charge in [-0.15, -0.1) is 0 Å². The predicted octanol–water partition coefficient (Wildman–Crippen LogP) is 2.55. The summed E-state index contributed by atoms with van der Waals surface area (Å²) >= 11 is 0. The zero-order valence-corrected chi connectivity index (χ0v) is 14.3. The maximum atomic E-state index is 12.4. The van der Waals surface area contributed by atoms with Crippen molar-refractivity contribution < 1.29 is 4.79 Å². The van der Waals surface area contributed by atoms with Crippen molar-refractivity contribution in [3.8, 4) is 17.5 Å². The van der Waals surface area contributed by atoms with Gasteiger partial charge in [-0.2, -0.15) is 5.26 Å². The van der Waals surface area contributed by atoms with E-state index in [-0.39, 0.29) is 11.6 Å². The van der Waals surface area contributed by atoms with Crippen LogP contribution in [0, 0.1) is 11.3 Å². The lowest BCUT2D eigenvalue weighted by Gasteiger charge is -2.07. The van der Waals surface area contributed by atoms with Crippen LogP contribution in [0.5, 0.6) is 0 Å².